The van der Waals surface area contributed by atoms with Gasteiger partial charge in [-0.3, -0.25) is 18.8 Å². The SMILES string of the molecule is CCNC(=O)[C@H]1O[C@@H](N2C=NC3C(N)=NC(N/N=C/[C@@H]4CCC=CO4)=NC32)[C@@H]2OP(=O)(O)O[C@@H]21. The zero-order valence-corrected chi connectivity index (χ0v) is 19.0. The summed E-state index contributed by atoms with van der Waals surface area (Å²) in [4.78, 5) is 37.0. The van der Waals surface area contributed by atoms with Crippen LogP contribution in [0.4, 0.5) is 0 Å². The Morgan fingerprint density at radius 3 is 3.03 bits per heavy atom. The normalized spacial score (nSPS) is 40.5. The lowest BCUT2D eigenvalue weighted by atomic mass is 10.1. The van der Waals surface area contributed by atoms with Gasteiger partial charge in [-0.2, -0.15) is 10.1 Å². The van der Waals surface area contributed by atoms with Crippen molar-refractivity contribution in [1.82, 2.24) is 15.6 Å². The molecule has 0 aromatic rings. The van der Waals surface area contributed by atoms with E-state index in [0.717, 1.165) is 12.8 Å². The molecule has 5 aliphatic rings. The number of fused-ring (bicyclic) bond motifs is 2. The van der Waals surface area contributed by atoms with E-state index in [-0.39, 0.29) is 17.9 Å². The lowest BCUT2D eigenvalue weighted by Gasteiger charge is -2.32. The van der Waals surface area contributed by atoms with E-state index in [0.29, 0.717) is 6.54 Å². The van der Waals surface area contributed by atoms with Gasteiger partial charge in [0, 0.05) is 6.54 Å². The average Bonchev–Trinajstić information content (AvgIpc) is 3.45. The monoisotopic (exact) mass is 496 g/mol. The highest BCUT2D eigenvalue weighted by molar-refractivity contribution is 7.47. The van der Waals surface area contributed by atoms with Crippen molar-refractivity contribution in [2.45, 2.75) is 62.6 Å². The lowest BCUT2D eigenvalue weighted by Crippen LogP contribution is -2.52. The van der Waals surface area contributed by atoms with Crippen LogP contribution in [-0.4, -0.2) is 89.4 Å². The first kappa shape index (κ1) is 22.9. The van der Waals surface area contributed by atoms with Gasteiger partial charge in [0.2, 0.25) is 5.96 Å². The third kappa shape index (κ3) is 4.32. The van der Waals surface area contributed by atoms with Gasteiger partial charge in [0.15, 0.2) is 18.5 Å². The molecular weight excluding hydrogens is 471 g/mol. The summed E-state index contributed by atoms with van der Waals surface area (Å²) in [6.45, 7) is 2.10. The summed E-state index contributed by atoms with van der Waals surface area (Å²) in [5, 5.41) is 6.76. The summed E-state index contributed by atoms with van der Waals surface area (Å²) in [5.74, 6) is -0.148. The summed E-state index contributed by atoms with van der Waals surface area (Å²) in [7, 11) is -4.35. The van der Waals surface area contributed by atoms with Crippen molar-refractivity contribution in [2.24, 2.45) is 25.8 Å². The number of phosphoric acid groups is 1. The number of ether oxygens (including phenoxy) is 2. The van der Waals surface area contributed by atoms with Gasteiger partial charge in [-0.05, 0) is 25.8 Å². The van der Waals surface area contributed by atoms with Gasteiger partial charge >= 0.3 is 7.82 Å². The van der Waals surface area contributed by atoms with E-state index in [1.807, 2.05) is 6.08 Å². The van der Waals surface area contributed by atoms with E-state index in [2.05, 4.69) is 30.8 Å². The third-order valence-corrected chi connectivity index (χ3v) is 6.74. The molecule has 5 rings (SSSR count). The van der Waals surface area contributed by atoms with Gasteiger partial charge in [-0.25, -0.2) is 15.0 Å². The highest BCUT2D eigenvalue weighted by Crippen LogP contribution is 2.57. The number of rotatable bonds is 5. The molecule has 1 amide bonds. The number of allylic oxidation sites excluding steroid dienone is 1. The molecule has 15 nitrogen and oxygen atoms in total. The van der Waals surface area contributed by atoms with E-state index in [9.17, 15) is 14.3 Å². The number of hydrazone groups is 1. The van der Waals surface area contributed by atoms with Crippen molar-refractivity contribution in [2.75, 3.05) is 6.54 Å². The van der Waals surface area contributed by atoms with E-state index in [1.54, 1.807) is 24.3 Å². The highest BCUT2D eigenvalue weighted by atomic mass is 31.2. The predicted molar refractivity (Wildman–Crippen MR) is 119 cm³/mol. The number of carbonyl (C=O) groups excluding carboxylic acids is 1. The van der Waals surface area contributed by atoms with E-state index < -0.39 is 50.5 Å². The second-order valence-corrected chi connectivity index (χ2v) is 9.38. The molecule has 2 saturated heterocycles. The first-order chi connectivity index (χ1) is 16.4. The maximum Gasteiger partial charge on any atom is 0.473 e. The summed E-state index contributed by atoms with van der Waals surface area (Å²) in [6.07, 6.45) is 3.20. The Bertz CT molecular complexity index is 1030. The molecule has 5 N–H and O–H groups in total. The van der Waals surface area contributed by atoms with Crippen LogP contribution in [0, 0.1) is 0 Å². The number of amides is 1. The third-order valence-electron chi connectivity index (χ3n) is 5.72. The van der Waals surface area contributed by atoms with Gasteiger partial charge in [-0.1, -0.05) is 0 Å². The average molecular weight is 496 g/mol. The fourth-order valence-corrected chi connectivity index (χ4v) is 5.32. The van der Waals surface area contributed by atoms with Crippen LogP contribution in [0.2, 0.25) is 0 Å². The standard InChI is InChI=1S/C18H25N8O7P/c1-2-20-16(27)12-11-13(33-34(28,29)32-11)17(31-12)26-8-21-10-14(19)23-18(24-15(10)26)25-22-7-9-5-3-4-6-30-9/h4,6-13,15,17H,2-3,5H2,1H3,(H,20,27)(H,28,29)(H3,19,23,24,25)/b22-7+/t9-,10?,11+,12-,13+,15?,17+/m0/s1. The van der Waals surface area contributed by atoms with Crippen LogP contribution in [0.5, 0.6) is 0 Å². The second-order valence-electron chi connectivity index (χ2n) is 8.02. The molecule has 34 heavy (non-hydrogen) atoms. The molecule has 0 radical (unpaired) electrons. The topological polar surface area (TPSA) is 194 Å². The maximum absolute atomic E-state index is 12.5. The van der Waals surface area contributed by atoms with Crippen LogP contribution in [0.25, 0.3) is 0 Å². The van der Waals surface area contributed by atoms with Gasteiger partial charge in [-0.15, -0.1) is 0 Å². The van der Waals surface area contributed by atoms with E-state index in [1.165, 1.54) is 6.34 Å². The van der Waals surface area contributed by atoms with Crippen molar-refractivity contribution in [3.8, 4) is 0 Å². The van der Waals surface area contributed by atoms with Crippen molar-refractivity contribution in [3.63, 3.8) is 0 Å². The Kier molecular flexibility index (Phi) is 6.12. The molecule has 0 aromatic heterocycles. The van der Waals surface area contributed by atoms with Gasteiger partial charge < -0.3 is 30.3 Å². The number of phosphoric ester groups is 1. The minimum Gasteiger partial charge on any atom is -0.493 e. The van der Waals surface area contributed by atoms with E-state index in [4.69, 9.17) is 24.3 Å². The fraction of sp³-hybridized carbons (Fsp3) is 0.611. The molecule has 0 aromatic carbocycles. The molecule has 3 unspecified atom stereocenters. The molecule has 8 atom stereocenters. The number of likely N-dealkylation sites (N-methyl/N-ethyl adjacent to an activating group) is 1. The maximum atomic E-state index is 12.5. The summed E-state index contributed by atoms with van der Waals surface area (Å²) in [5.41, 5.74) is 8.85. The number of nitrogens with zero attached hydrogens (tertiary/aromatic N) is 5. The number of hydrogen-bond donors (Lipinski definition) is 4. The molecule has 0 spiro atoms. The molecule has 2 fully saturated rings. The van der Waals surface area contributed by atoms with Crippen LogP contribution in [0.1, 0.15) is 19.8 Å². The van der Waals surface area contributed by atoms with E-state index >= 15 is 0 Å². The van der Waals surface area contributed by atoms with Crippen LogP contribution >= 0.6 is 7.82 Å². The van der Waals surface area contributed by atoms with Crippen molar-refractivity contribution < 1.29 is 32.8 Å². The number of hydrogen-bond acceptors (Lipinski definition) is 13. The Morgan fingerprint density at radius 1 is 1.44 bits per heavy atom. The molecule has 5 heterocycles. The van der Waals surface area contributed by atoms with Crippen molar-refractivity contribution in [1.29, 1.82) is 0 Å². The predicted octanol–water partition coefficient (Wildman–Crippen LogP) is -1.23. The quantitative estimate of drug-likeness (QED) is 0.203. The minimum atomic E-state index is -4.35. The highest BCUT2D eigenvalue weighted by Gasteiger charge is 2.62. The molecule has 0 bridgehead atoms. The molecule has 16 heteroatoms. The smallest absolute Gasteiger partial charge is 0.473 e. The number of nitrogens with one attached hydrogen (secondary N) is 2. The van der Waals surface area contributed by atoms with Gasteiger partial charge in [0.05, 0.1) is 18.8 Å². The summed E-state index contributed by atoms with van der Waals surface area (Å²) in [6, 6.07) is -0.616. The number of guanidine groups is 1. The Labute approximate surface area is 194 Å². The zero-order chi connectivity index (χ0) is 23.9. The molecule has 0 saturated carbocycles. The molecular formula is C18H25N8O7P. The van der Waals surface area contributed by atoms with Crippen LogP contribution < -0.4 is 16.5 Å². The largest absolute Gasteiger partial charge is 0.493 e. The van der Waals surface area contributed by atoms with Crippen LogP contribution in [0.15, 0.2) is 32.4 Å². The Balaban J connectivity index is 1.34. The molecule has 184 valence electrons. The number of amidine groups is 1. The first-order valence-corrected chi connectivity index (χ1v) is 12.3. The fourth-order valence-electron chi connectivity index (χ4n) is 4.20. The van der Waals surface area contributed by atoms with Crippen molar-refractivity contribution in [3.05, 3.63) is 12.3 Å². The summed E-state index contributed by atoms with van der Waals surface area (Å²) >= 11 is 0. The number of aliphatic imine (C=N–C) groups is 3. The number of carbonyl (C=O) groups is 1. The zero-order valence-electron chi connectivity index (χ0n) is 18.1. The molecule has 0 aliphatic carbocycles. The summed E-state index contributed by atoms with van der Waals surface area (Å²) < 4.78 is 33.8. The Morgan fingerprint density at radius 2 is 2.26 bits per heavy atom. The Hall–Kier alpha value is -2.84. The van der Waals surface area contributed by atoms with Gasteiger partial charge in [0.1, 0.15) is 30.2 Å². The van der Waals surface area contributed by atoms with Crippen molar-refractivity contribution >= 4 is 38.1 Å². The van der Waals surface area contributed by atoms with Crippen LogP contribution in [-0.2, 0) is 27.9 Å². The van der Waals surface area contributed by atoms with Gasteiger partial charge in [0.25, 0.3) is 5.91 Å². The minimum absolute atomic E-state index is 0.142. The lowest BCUT2D eigenvalue weighted by molar-refractivity contribution is -0.139. The van der Waals surface area contributed by atoms with Crippen LogP contribution in [0.3, 0.4) is 0 Å². The number of nitrogens with two attached hydrogens (primary N) is 1. The molecule has 5 aliphatic heterocycles. The first-order valence-electron chi connectivity index (χ1n) is 10.8. The second kappa shape index (κ2) is 9.07.